The Kier molecular flexibility index (Phi) is 6.58. The molecule has 1 aromatic rings. The third kappa shape index (κ3) is 3.53. The number of carbonyl (C=O) groups excluding carboxylic acids is 4. The fourth-order valence-electron chi connectivity index (χ4n) is 5.99. The number of Topliss-reactive ketones (excluding diaryl/α,β-unsaturated/α-hetero) is 2. The number of primary amides is 1. The maximum atomic E-state index is 13.7. The van der Waals surface area contributed by atoms with E-state index in [1.54, 1.807) is 12.4 Å². The second-order valence-corrected chi connectivity index (χ2v) is 9.86. The van der Waals surface area contributed by atoms with Crippen LogP contribution in [0.2, 0.25) is 0 Å². The van der Waals surface area contributed by atoms with E-state index in [2.05, 4.69) is 5.32 Å². The Morgan fingerprint density at radius 3 is 2.34 bits per heavy atom. The third-order valence-corrected chi connectivity index (χ3v) is 7.64. The van der Waals surface area contributed by atoms with Crippen LogP contribution in [0.25, 0.3) is 0 Å². The van der Waals surface area contributed by atoms with Crippen LogP contribution in [0.15, 0.2) is 34.8 Å². The number of phenolic OH excluding ortho intramolecular Hbond substituents is 1. The zero-order valence-electron chi connectivity index (χ0n) is 20.6. The van der Waals surface area contributed by atoms with Gasteiger partial charge in [0.15, 0.2) is 17.1 Å². The van der Waals surface area contributed by atoms with Crippen LogP contribution in [0.1, 0.15) is 28.8 Å². The highest BCUT2D eigenvalue weighted by Crippen LogP contribution is 2.55. The van der Waals surface area contributed by atoms with E-state index in [9.17, 15) is 44.7 Å². The zero-order chi connectivity index (χ0) is 28.4. The van der Waals surface area contributed by atoms with Crippen LogP contribution in [-0.2, 0) is 14.4 Å². The van der Waals surface area contributed by atoms with Crippen molar-refractivity contribution in [2.24, 2.45) is 17.6 Å². The molecule has 5 unspecified atom stereocenters. The van der Waals surface area contributed by atoms with Crippen molar-refractivity contribution in [3.05, 3.63) is 45.9 Å². The van der Waals surface area contributed by atoms with Gasteiger partial charge in [-0.1, -0.05) is 13.0 Å². The van der Waals surface area contributed by atoms with Crippen molar-refractivity contribution < 1.29 is 49.9 Å². The lowest BCUT2D eigenvalue weighted by atomic mass is 9.55. The van der Waals surface area contributed by atoms with E-state index in [1.165, 1.54) is 31.1 Å². The minimum absolute atomic E-state index is 0.193. The summed E-state index contributed by atoms with van der Waals surface area (Å²) in [6.07, 6.45) is -1.71. The predicted octanol–water partition coefficient (Wildman–Crippen LogP) is -1.43. The molecular formula is C24H28N4O10. The van der Waals surface area contributed by atoms with Gasteiger partial charge in [0.1, 0.15) is 23.6 Å². The number of hydrogen-bond donors (Lipinski definition) is 9. The molecule has 0 radical (unpaired) electrons. The zero-order valence-corrected chi connectivity index (χ0v) is 20.6. The highest BCUT2D eigenvalue weighted by Gasteiger charge is 2.67. The minimum atomic E-state index is -3.02. The Hall–Kier alpha value is -3.82. The van der Waals surface area contributed by atoms with E-state index in [0.29, 0.717) is 0 Å². The van der Waals surface area contributed by atoms with E-state index < -0.39 is 93.8 Å². The number of likely N-dealkylation sites (N-methyl/N-ethyl adjacent to an activating group) is 1. The molecule has 0 aliphatic heterocycles. The largest absolute Gasteiger partial charge is 0.510 e. The summed E-state index contributed by atoms with van der Waals surface area (Å²) in [4.78, 5) is 52.3. The van der Waals surface area contributed by atoms with Gasteiger partial charge in [0.25, 0.3) is 5.91 Å². The predicted molar refractivity (Wildman–Crippen MR) is 128 cm³/mol. The fourth-order valence-corrected chi connectivity index (χ4v) is 5.99. The van der Waals surface area contributed by atoms with Crippen molar-refractivity contribution in [1.82, 2.24) is 10.4 Å². The number of amides is 2. The summed E-state index contributed by atoms with van der Waals surface area (Å²) in [6, 6.07) is 1.39. The summed E-state index contributed by atoms with van der Waals surface area (Å²) in [5.74, 6) is -10.9. The molecule has 0 saturated carbocycles. The number of nitrogens with zero attached hydrogens (tertiary/aromatic N) is 1. The number of anilines is 1. The van der Waals surface area contributed by atoms with Gasteiger partial charge in [-0.3, -0.25) is 24.1 Å². The molecule has 0 heterocycles. The number of phenols is 1. The molecule has 38 heavy (non-hydrogen) atoms. The molecule has 0 saturated heterocycles. The van der Waals surface area contributed by atoms with Gasteiger partial charge in [0.05, 0.1) is 29.3 Å². The number of rotatable bonds is 5. The number of hydrogen-bond acceptors (Lipinski definition) is 12. The lowest BCUT2D eigenvalue weighted by Crippen LogP contribution is -2.68. The summed E-state index contributed by atoms with van der Waals surface area (Å²) >= 11 is 0. The number of aliphatic hydroxyl groups excluding tert-OH is 3. The first-order chi connectivity index (χ1) is 17.7. The number of nitrogens with one attached hydrogen (secondary N) is 2. The molecule has 10 N–H and O–H groups in total. The normalized spacial score (nSPS) is 30.7. The summed E-state index contributed by atoms with van der Waals surface area (Å²) < 4.78 is 0. The molecule has 1 aromatic carbocycles. The van der Waals surface area contributed by atoms with Gasteiger partial charge in [0.2, 0.25) is 11.7 Å². The second kappa shape index (κ2) is 9.18. The Morgan fingerprint density at radius 2 is 1.79 bits per heavy atom. The lowest BCUT2D eigenvalue weighted by Gasteiger charge is -2.53. The summed E-state index contributed by atoms with van der Waals surface area (Å²) in [7, 11) is 2.90. The number of fused-ring (bicyclic) bond motifs is 3. The molecule has 14 heteroatoms. The average molecular weight is 533 g/mol. The van der Waals surface area contributed by atoms with E-state index in [-0.39, 0.29) is 16.8 Å². The fraction of sp³-hybridized carbons (Fsp3) is 0.417. The Balaban J connectivity index is 1.96. The van der Waals surface area contributed by atoms with Crippen LogP contribution in [-0.4, -0.2) is 97.4 Å². The lowest BCUT2D eigenvalue weighted by molar-refractivity contribution is -0.162. The minimum Gasteiger partial charge on any atom is -0.510 e. The Bertz CT molecular complexity index is 1340. The van der Waals surface area contributed by atoms with Crippen LogP contribution >= 0.6 is 0 Å². The van der Waals surface area contributed by atoms with Crippen LogP contribution in [0, 0.1) is 11.8 Å². The molecule has 0 spiro atoms. The molecule has 3 aliphatic rings. The Labute approximate surface area is 215 Å². The topological polar surface area (TPSA) is 243 Å². The monoisotopic (exact) mass is 532 g/mol. The number of benzene rings is 1. The standard InChI is InChI=1S/C24H28N4O10/c1-7-8-4-5-9(27-10(29)6-26-38)17(30)12(8)18(31)13-11(7)19(32)15-16(28(2)3)20(33)14(23(25)36)22(35)24(15,37)21(13)34/h4-5,7,11,15-16,19,26,30,32-34,37-38H,6H2,1-3H3,(H2,25,36)(H,27,29)/t7?,11?,15?,16-,19?,24?/m0/s1. The number of aliphatic hydroxyl groups is 4. The van der Waals surface area contributed by atoms with Crippen molar-refractivity contribution in [2.75, 3.05) is 26.0 Å². The molecule has 204 valence electrons. The molecule has 0 fully saturated rings. The SMILES string of the molecule is CC1c2ccc(NC(=O)CNO)c(O)c2C(=O)C2=C(O)C3(O)C(=O)C(C(N)=O)=C(O)[C@@H](N(C)C)C3C(O)C21. The molecule has 6 atom stereocenters. The number of carbonyl (C=O) groups is 4. The van der Waals surface area contributed by atoms with Crippen LogP contribution < -0.4 is 16.5 Å². The number of aromatic hydroxyl groups is 1. The van der Waals surface area contributed by atoms with Crippen LogP contribution in [0.5, 0.6) is 5.75 Å². The maximum absolute atomic E-state index is 13.7. The van der Waals surface area contributed by atoms with E-state index >= 15 is 0 Å². The molecule has 2 amide bonds. The molecule has 14 nitrogen and oxygen atoms in total. The van der Waals surface area contributed by atoms with E-state index in [4.69, 9.17) is 10.9 Å². The summed E-state index contributed by atoms with van der Waals surface area (Å²) in [5, 5.41) is 67.2. The molecule has 0 aromatic heterocycles. The van der Waals surface area contributed by atoms with E-state index in [0.717, 1.165) is 0 Å². The summed E-state index contributed by atoms with van der Waals surface area (Å²) in [5.41, 5.74) is 2.08. The van der Waals surface area contributed by atoms with Gasteiger partial charge in [-0.05, 0) is 31.6 Å². The first-order valence-electron chi connectivity index (χ1n) is 11.6. The van der Waals surface area contributed by atoms with Gasteiger partial charge in [0, 0.05) is 11.5 Å². The molecule has 0 bridgehead atoms. The number of hydroxylamine groups is 1. The highest BCUT2D eigenvalue weighted by molar-refractivity contribution is 6.25. The van der Waals surface area contributed by atoms with Gasteiger partial charge < -0.3 is 41.8 Å². The molecule has 4 rings (SSSR count). The second-order valence-electron chi connectivity index (χ2n) is 9.86. The molecular weight excluding hydrogens is 504 g/mol. The quantitative estimate of drug-likeness (QED) is 0.120. The van der Waals surface area contributed by atoms with Crippen molar-refractivity contribution in [3.63, 3.8) is 0 Å². The van der Waals surface area contributed by atoms with Crippen LogP contribution in [0.4, 0.5) is 5.69 Å². The van der Waals surface area contributed by atoms with Crippen molar-refractivity contribution >= 4 is 29.1 Å². The van der Waals surface area contributed by atoms with Crippen molar-refractivity contribution in [3.8, 4) is 5.75 Å². The van der Waals surface area contributed by atoms with Gasteiger partial charge in [-0.25, -0.2) is 0 Å². The van der Waals surface area contributed by atoms with Crippen LogP contribution in [0.3, 0.4) is 0 Å². The van der Waals surface area contributed by atoms with Gasteiger partial charge in [-0.15, -0.1) is 0 Å². The van der Waals surface area contributed by atoms with E-state index in [1.807, 2.05) is 0 Å². The summed E-state index contributed by atoms with van der Waals surface area (Å²) in [6.45, 7) is 1.07. The highest BCUT2D eigenvalue weighted by atomic mass is 16.5. The van der Waals surface area contributed by atoms with Gasteiger partial charge >= 0.3 is 0 Å². The molecule has 3 aliphatic carbocycles. The third-order valence-electron chi connectivity index (χ3n) is 7.64. The van der Waals surface area contributed by atoms with Crippen molar-refractivity contribution in [2.45, 2.75) is 30.6 Å². The number of ketones is 2. The average Bonchev–Trinajstić information content (AvgIpc) is 2.82. The first kappa shape index (κ1) is 27.2. The van der Waals surface area contributed by atoms with Crippen molar-refractivity contribution in [1.29, 1.82) is 0 Å². The smallest absolute Gasteiger partial charge is 0.255 e. The Morgan fingerprint density at radius 1 is 1.16 bits per heavy atom. The maximum Gasteiger partial charge on any atom is 0.255 e. The first-order valence-corrected chi connectivity index (χ1v) is 11.6. The van der Waals surface area contributed by atoms with Gasteiger partial charge in [-0.2, -0.15) is 5.48 Å². The number of nitrogens with two attached hydrogens (primary N) is 1.